The van der Waals surface area contributed by atoms with E-state index in [0.29, 0.717) is 16.8 Å². The molecule has 1 aromatic heterocycles. The van der Waals surface area contributed by atoms with Gasteiger partial charge in [0.05, 0.1) is 0 Å². The third kappa shape index (κ3) is 4.07. The molecule has 1 aromatic carbocycles. The zero-order chi connectivity index (χ0) is 16.2. The molecule has 3 rings (SSSR count). The number of aromatic nitrogens is 4. The molecule has 122 valence electrons. The van der Waals surface area contributed by atoms with Crippen LogP contribution in [0.4, 0.5) is 0 Å². The zero-order valence-electron chi connectivity index (χ0n) is 13.1. The molecule has 2 aromatic rings. The molecule has 0 saturated heterocycles. The number of benzene rings is 1. The number of carbonyl (C=O) groups excluding carboxylic acids is 1. The second kappa shape index (κ2) is 7.08. The van der Waals surface area contributed by atoms with Crippen molar-refractivity contribution in [1.82, 2.24) is 25.5 Å². The largest absolute Gasteiger partial charge is 0.351 e. The maximum Gasteiger partial charge on any atom is 0.243 e. The molecule has 0 aliphatic heterocycles. The predicted octanol–water partition coefficient (Wildman–Crippen LogP) is 2.69. The van der Waals surface area contributed by atoms with Crippen LogP contribution in [0.1, 0.15) is 32.6 Å². The average molecular weight is 334 g/mol. The quantitative estimate of drug-likeness (QED) is 0.933. The highest BCUT2D eigenvalue weighted by molar-refractivity contribution is 6.30. The van der Waals surface area contributed by atoms with Crippen LogP contribution >= 0.6 is 11.6 Å². The number of hydrogen-bond acceptors (Lipinski definition) is 4. The molecular formula is C16H20ClN5O. The van der Waals surface area contributed by atoms with Crippen LogP contribution in [0.3, 0.4) is 0 Å². The molecule has 1 N–H and O–H groups in total. The molecule has 0 radical (unpaired) electrons. The predicted molar refractivity (Wildman–Crippen MR) is 87.8 cm³/mol. The standard InChI is InChI=1S/C16H20ClN5O/c1-11-4-2-3-5-14(11)18-15(23)10-22-20-16(19-21-22)12-6-8-13(17)9-7-12/h6-9,11,14H,2-5,10H2,1H3,(H,18,23)/t11-,14-/m1/s1. The summed E-state index contributed by atoms with van der Waals surface area (Å²) in [5, 5.41) is 15.9. The van der Waals surface area contributed by atoms with E-state index in [1.165, 1.54) is 24.1 Å². The van der Waals surface area contributed by atoms with Crippen LogP contribution in [0.15, 0.2) is 24.3 Å². The number of tetrazole rings is 1. The van der Waals surface area contributed by atoms with Gasteiger partial charge in [-0.15, -0.1) is 10.2 Å². The Labute approximate surface area is 140 Å². The van der Waals surface area contributed by atoms with Crippen molar-refractivity contribution < 1.29 is 4.79 Å². The molecule has 1 heterocycles. The summed E-state index contributed by atoms with van der Waals surface area (Å²) in [6.07, 6.45) is 4.65. The first kappa shape index (κ1) is 15.9. The van der Waals surface area contributed by atoms with E-state index in [-0.39, 0.29) is 18.5 Å². The van der Waals surface area contributed by atoms with Gasteiger partial charge >= 0.3 is 0 Å². The van der Waals surface area contributed by atoms with Gasteiger partial charge in [-0.25, -0.2) is 0 Å². The molecule has 23 heavy (non-hydrogen) atoms. The van der Waals surface area contributed by atoms with Gasteiger partial charge in [0.15, 0.2) is 0 Å². The van der Waals surface area contributed by atoms with Crippen LogP contribution in [-0.4, -0.2) is 32.2 Å². The lowest BCUT2D eigenvalue weighted by molar-refractivity contribution is -0.123. The van der Waals surface area contributed by atoms with E-state index in [1.807, 2.05) is 12.1 Å². The van der Waals surface area contributed by atoms with E-state index in [1.54, 1.807) is 12.1 Å². The van der Waals surface area contributed by atoms with E-state index < -0.39 is 0 Å². The normalized spacial score (nSPS) is 21.1. The van der Waals surface area contributed by atoms with Gasteiger partial charge in [0, 0.05) is 16.6 Å². The molecule has 2 atom stereocenters. The summed E-state index contributed by atoms with van der Waals surface area (Å²) in [6, 6.07) is 7.46. The smallest absolute Gasteiger partial charge is 0.243 e. The second-order valence-corrected chi connectivity index (χ2v) is 6.52. The SMILES string of the molecule is C[C@@H]1CCCC[C@H]1NC(=O)Cn1nnc(-c2ccc(Cl)cc2)n1. The molecule has 7 heteroatoms. The van der Waals surface area contributed by atoms with E-state index in [9.17, 15) is 4.79 Å². The Morgan fingerprint density at radius 1 is 1.30 bits per heavy atom. The summed E-state index contributed by atoms with van der Waals surface area (Å²) >= 11 is 5.86. The Balaban J connectivity index is 1.60. The van der Waals surface area contributed by atoms with Crippen LogP contribution in [0.5, 0.6) is 0 Å². The fourth-order valence-corrected chi connectivity index (χ4v) is 3.06. The van der Waals surface area contributed by atoms with Crippen LogP contribution in [0.25, 0.3) is 11.4 Å². The first-order valence-corrected chi connectivity index (χ1v) is 8.33. The number of rotatable bonds is 4. The fourth-order valence-electron chi connectivity index (χ4n) is 2.94. The van der Waals surface area contributed by atoms with Gasteiger partial charge in [-0.05, 0) is 48.2 Å². The summed E-state index contributed by atoms with van der Waals surface area (Å²) in [6.45, 7) is 2.28. The van der Waals surface area contributed by atoms with Gasteiger partial charge in [-0.2, -0.15) is 4.80 Å². The molecular weight excluding hydrogens is 314 g/mol. The van der Waals surface area contributed by atoms with E-state index in [0.717, 1.165) is 12.0 Å². The number of nitrogens with zero attached hydrogens (tertiary/aromatic N) is 4. The molecule has 0 unspecified atom stereocenters. The van der Waals surface area contributed by atoms with Crippen LogP contribution in [0, 0.1) is 5.92 Å². The monoisotopic (exact) mass is 333 g/mol. The molecule has 0 bridgehead atoms. The van der Waals surface area contributed by atoms with Gasteiger partial charge in [0.25, 0.3) is 0 Å². The number of halogens is 1. The highest BCUT2D eigenvalue weighted by Gasteiger charge is 2.23. The summed E-state index contributed by atoms with van der Waals surface area (Å²) in [5.41, 5.74) is 0.821. The Hall–Kier alpha value is -1.95. The van der Waals surface area contributed by atoms with Crippen molar-refractivity contribution in [3.05, 3.63) is 29.3 Å². The number of carbonyl (C=O) groups is 1. The minimum atomic E-state index is -0.0659. The Morgan fingerprint density at radius 3 is 2.78 bits per heavy atom. The van der Waals surface area contributed by atoms with Crippen molar-refractivity contribution in [1.29, 1.82) is 0 Å². The Bertz CT molecular complexity index is 669. The van der Waals surface area contributed by atoms with Crippen molar-refractivity contribution in [3.63, 3.8) is 0 Å². The molecule has 1 aliphatic rings. The lowest BCUT2D eigenvalue weighted by atomic mass is 9.86. The van der Waals surface area contributed by atoms with Crippen LogP contribution < -0.4 is 5.32 Å². The summed E-state index contributed by atoms with van der Waals surface area (Å²) in [4.78, 5) is 13.5. The maximum atomic E-state index is 12.2. The lowest BCUT2D eigenvalue weighted by Gasteiger charge is -2.29. The lowest BCUT2D eigenvalue weighted by Crippen LogP contribution is -2.42. The van der Waals surface area contributed by atoms with E-state index >= 15 is 0 Å². The fraction of sp³-hybridized carbons (Fsp3) is 0.500. The van der Waals surface area contributed by atoms with Crippen molar-refractivity contribution >= 4 is 17.5 Å². The van der Waals surface area contributed by atoms with Crippen molar-refractivity contribution in [2.45, 2.75) is 45.2 Å². The first-order valence-electron chi connectivity index (χ1n) is 7.95. The number of nitrogens with one attached hydrogen (secondary N) is 1. The summed E-state index contributed by atoms with van der Waals surface area (Å²) < 4.78 is 0. The van der Waals surface area contributed by atoms with Gasteiger partial charge in [-0.1, -0.05) is 31.4 Å². The van der Waals surface area contributed by atoms with Gasteiger partial charge < -0.3 is 5.32 Å². The molecule has 1 amide bonds. The van der Waals surface area contributed by atoms with Gasteiger partial charge in [0.2, 0.25) is 11.7 Å². The zero-order valence-corrected chi connectivity index (χ0v) is 13.8. The van der Waals surface area contributed by atoms with E-state index in [2.05, 4.69) is 27.7 Å². The van der Waals surface area contributed by atoms with E-state index in [4.69, 9.17) is 11.6 Å². The summed E-state index contributed by atoms with van der Waals surface area (Å²) in [7, 11) is 0. The maximum absolute atomic E-state index is 12.2. The topological polar surface area (TPSA) is 72.7 Å². The molecule has 6 nitrogen and oxygen atoms in total. The average Bonchev–Trinajstić information content (AvgIpc) is 2.98. The highest BCUT2D eigenvalue weighted by atomic mass is 35.5. The minimum absolute atomic E-state index is 0.0659. The minimum Gasteiger partial charge on any atom is -0.351 e. The molecule has 1 saturated carbocycles. The first-order chi connectivity index (χ1) is 11.1. The van der Waals surface area contributed by atoms with Crippen LogP contribution in [-0.2, 0) is 11.3 Å². The highest BCUT2D eigenvalue weighted by Crippen LogP contribution is 2.23. The number of hydrogen-bond donors (Lipinski definition) is 1. The third-order valence-electron chi connectivity index (χ3n) is 4.30. The second-order valence-electron chi connectivity index (χ2n) is 6.09. The number of amides is 1. The van der Waals surface area contributed by atoms with Crippen molar-refractivity contribution in [2.24, 2.45) is 5.92 Å². The van der Waals surface area contributed by atoms with Crippen LogP contribution in [0.2, 0.25) is 5.02 Å². The van der Waals surface area contributed by atoms with Crippen molar-refractivity contribution in [3.8, 4) is 11.4 Å². The Kier molecular flexibility index (Phi) is 4.91. The van der Waals surface area contributed by atoms with Crippen molar-refractivity contribution in [2.75, 3.05) is 0 Å². The van der Waals surface area contributed by atoms with Gasteiger partial charge in [-0.3, -0.25) is 4.79 Å². The molecule has 1 fully saturated rings. The summed E-state index contributed by atoms with van der Waals surface area (Å²) in [5.74, 6) is 0.949. The van der Waals surface area contributed by atoms with Gasteiger partial charge in [0.1, 0.15) is 6.54 Å². The molecule has 1 aliphatic carbocycles. The molecule has 0 spiro atoms. The Morgan fingerprint density at radius 2 is 2.04 bits per heavy atom. The third-order valence-corrected chi connectivity index (χ3v) is 4.55.